The minimum Gasteiger partial charge on any atom is -0.395 e. The first-order valence-electron chi connectivity index (χ1n) is 7.50. The molecule has 1 atom stereocenters. The predicted octanol–water partition coefficient (Wildman–Crippen LogP) is 3.52. The lowest BCUT2D eigenvalue weighted by Gasteiger charge is -2.31. The molecule has 0 aliphatic carbocycles. The van der Waals surface area contributed by atoms with Crippen LogP contribution in [-0.4, -0.2) is 23.8 Å². The molecule has 0 spiro atoms. The van der Waals surface area contributed by atoms with Gasteiger partial charge < -0.3 is 10.4 Å². The molecule has 0 saturated heterocycles. The van der Waals surface area contributed by atoms with Crippen LogP contribution in [0, 0.1) is 0 Å². The minimum atomic E-state index is 0.0555. The zero-order chi connectivity index (χ0) is 14.4. The second-order valence-electron chi connectivity index (χ2n) is 5.82. The summed E-state index contributed by atoms with van der Waals surface area (Å²) in [6, 6.07) is 15.2. The normalized spacial score (nSPS) is 14.3. The summed E-state index contributed by atoms with van der Waals surface area (Å²) in [6.45, 7) is 5.31. The number of aliphatic hydroxyl groups is 1. The number of aliphatic hydroxyl groups excluding tert-OH is 1. The number of fused-ring (bicyclic) bond motifs is 1. The summed E-state index contributed by atoms with van der Waals surface area (Å²) in [4.78, 5) is 0. The van der Waals surface area contributed by atoms with Gasteiger partial charge in [-0.15, -0.1) is 0 Å². The molecule has 1 unspecified atom stereocenters. The second-order valence-corrected chi connectivity index (χ2v) is 5.82. The van der Waals surface area contributed by atoms with Gasteiger partial charge in [0.1, 0.15) is 0 Å². The molecule has 2 N–H and O–H groups in total. The van der Waals surface area contributed by atoms with Gasteiger partial charge in [-0.2, -0.15) is 0 Å². The maximum atomic E-state index is 9.04. The van der Waals surface area contributed by atoms with Gasteiger partial charge in [0.25, 0.3) is 0 Å². The first kappa shape index (κ1) is 15.0. The molecule has 0 radical (unpaired) electrons. The Morgan fingerprint density at radius 3 is 2.55 bits per heavy atom. The van der Waals surface area contributed by atoms with Crippen LogP contribution in [0.4, 0.5) is 0 Å². The van der Waals surface area contributed by atoms with Gasteiger partial charge in [0.2, 0.25) is 0 Å². The van der Waals surface area contributed by atoms with Gasteiger partial charge in [-0.05, 0) is 36.1 Å². The van der Waals surface area contributed by atoms with Crippen LogP contribution in [0.25, 0.3) is 10.8 Å². The van der Waals surface area contributed by atoms with E-state index in [-0.39, 0.29) is 12.1 Å². The third kappa shape index (κ3) is 3.81. The fourth-order valence-electron chi connectivity index (χ4n) is 2.95. The molecule has 0 fully saturated rings. The molecule has 2 nitrogen and oxygen atoms in total. The van der Waals surface area contributed by atoms with Crippen molar-refractivity contribution < 1.29 is 5.11 Å². The van der Waals surface area contributed by atoms with Gasteiger partial charge in [0, 0.05) is 12.1 Å². The summed E-state index contributed by atoms with van der Waals surface area (Å²) in [5.74, 6) is 0. The molecule has 0 aliphatic rings. The van der Waals surface area contributed by atoms with E-state index in [1.165, 1.54) is 16.3 Å². The average Bonchev–Trinajstić information content (AvgIpc) is 2.45. The molecule has 108 valence electrons. The number of hydrogen-bond acceptors (Lipinski definition) is 2. The van der Waals surface area contributed by atoms with Crippen molar-refractivity contribution in [3.05, 3.63) is 48.0 Å². The summed E-state index contributed by atoms with van der Waals surface area (Å²) in [5, 5.41) is 15.1. The van der Waals surface area contributed by atoms with Crippen molar-refractivity contribution in [3.63, 3.8) is 0 Å². The SMILES string of the molecule is CCCC(C)(Cc1ccc2ccccc2c1)NCCO. The van der Waals surface area contributed by atoms with Crippen molar-refractivity contribution >= 4 is 10.8 Å². The van der Waals surface area contributed by atoms with Crippen molar-refractivity contribution in [3.8, 4) is 0 Å². The third-order valence-electron chi connectivity index (χ3n) is 3.87. The first-order chi connectivity index (χ1) is 9.67. The van der Waals surface area contributed by atoms with Crippen LogP contribution in [0.2, 0.25) is 0 Å². The molecule has 0 aliphatic heterocycles. The van der Waals surface area contributed by atoms with E-state index in [1.807, 2.05) is 0 Å². The van der Waals surface area contributed by atoms with E-state index >= 15 is 0 Å². The Kier molecular flexibility index (Phi) is 5.16. The highest BCUT2D eigenvalue weighted by molar-refractivity contribution is 5.83. The van der Waals surface area contributed by atoms with Crippen LogP contribution in [-0.2, 0) is 6.42 Å². The molecule has 2 rings (SSSR count). The van der Waals surface area contributed by atoms with Crippen molar-refractivity contribution in [1.29, 1.82) is 0 Å². The molecular weight excluding hydrogens is 246 g/mol. The fourth-order valence-corrected chi connectivity index (χ4v) is 2.95. The standard InChI is InChI=1S/C18H25NO/c1-3-10-18(2,19-11-12-20)14-15-8-9-16-6-4-5-7-17(16)13-15/h4-9,13,19-20H,3,10-12,14H2,1-2H3. The maximum Gasteiger partial charge on any atom is 0.0556 e. The third-order valence-corrected chi connectivity index (χ3v) is 3.87. The van der Waals surface area contributed by atoms with E-state index in [1.54, 1.807) is 0 Å². The Hall–Kier alpha value is -1.38. The van der Waals surface area contributed by atoms with Gasteiger partial charge >= 0.3 is 0 Å². The summed E-state index contributed by atoms with van der Waals surface area (Å²) in [7, 11) is 0. The van der Waals surface area contributed by atoms with Gasteiger partial charge in [-0.3, -0.25) is 0 Å². The Labute approximate surface area is 121 Å². The van der Waals surface area contributed by atoms with E-state index in [0.29, 0.717) is 6.54 Å². The smallest absolute Gasteiger partial charge is 0.0556 e. The van der Waals surface area contributed by atoms with Gasteiger partial charge in [0.15, 0.2) is 0 Å². The monoisotopic (exact) mass is 271 g/mol. The van der Waals surface area contributed by atoms with Crippen molar-refractivity contribution in [2.75, 3.05) is 13.2 Å². The van der Waals surface area contributed by atoms with Crippen LogP contribution in [0.1, 0.15) is 32.3 Å². The summed E-state index contributed by atoms with van der Waals surface area (Å²) < 4.78 is 0. The van der Waals surface area contributed by atoms with E-state index in [0.717, 1.165) is 19.3 Å². The summed E-state index contributed by atoms with van der Waals surface area (Å²) >= 11 is 0. The van der Waals surface area contributed by atoms with Gasteiger partial charge in [-0.1, -0.05) is 55.8 Å². The van der Waals surface area contributed by atoms with Crippen LogP contribution in [0.15, 0.2) is 42.5 Å². The summed E-state index contributed by atoms with van der Waals surface area (Å²) in [6.07, 6.45) is 3.24. The number of nitrogens with one attached hydrogen (secondary N) is 1. The van der Waals surface area contributed by atoms with E-state index < -0.39 is 0 Å². The molecule has 2 heteroatoms. The van der Waals surface area contributed by atoms with Crippen LogP contribution in [0.5, 0.6) is 0 Å². The van der Waals surface area contributed by atoms with Crippen molar-refractivity contribution in [2.45, 2.75) is 38.6 Å². The predicted molar refractivity (Wildman–Crippen MR) is 86.1 cm³/mol. The quantitative estimate of drug-likeness (QED) is 0.807. The Balaban J connectivity index is 2.19. The Morgan fingerprint density at radius 1 is 1.10 bits per heavy atom. The van der Waals surface area contributed by atoms with E-state index in [2.05, 4.69) is 61.6 Å². The second kappa shape index (κ2) is 6.87. The largest absolute Gasteiger partial charge is 0.395 e. The summed E-state index contributed by atoms with van der Waals surface area (Å²) in [5.41, 5.74) is 1.41. The molecule has 2 aromatic rings. The highest BCUT2D eigenvalue weighted by Crippen LogP contribution is 2.22. The Morgan fingerprint density at radius 2 is 1.85 bits per heavy atom. The van der Waals surface area contributed by atoms with E-state index in [9.17, 15) is 0 Å². The zero-order valence-corrected chi connectivity index (χ0v) is 12.5. The van der Waals surface area contributed by atoms with Crippen molar-refractivity contribution in [1.82, 2.24) is 5.32 Å². The first-order valence-corrected chi connectivity index (χ1v) is 7.50. The minimum absolute atomic E-state index is 0.0555. The Bertz CT molecular complexity index is 552. The molecule has 0 amide bonds. The topological polar surface area (TPSA) is 32.3 Å². The van der Waals surface area contributed by atoms with Gasteiger partial charge in [-0.25, -0.2) is 0 Å². The van der Waals surface area contributed by atoms with Crippen LogP contribution < -0.4 is 5.32 Å². The fraction of sp³-hybridized carbons (Fsp3) is 0.444. The zero-order valence-electron chi connectivity index (χ0n) is 12.5. The van der Waals surface area contributed by atoms with Crippen LogP contribution in [0.3, 0.4) is 0 Å². The number of β-amino-alcohol motifs (C(OH)–C–C–N with tert-alkyl or cyclic N) is 1. The lowest BCUT2D eigenvalue weighted by Crippen LogP contribution is -2.45. The molecular formula is C18H25NO. The van der Waals surface area contributed by atoms with Gasteiger partial charge in [0.05, 0.1) is 6.61 Å². The molecule has 0 heterocycles. The molecule has 20 heavy (non-hydrogen) atoms. The number of rotatable bonds is 7. The molecule has 0 saturated carbocycles. The number of hydrogen-bond donors (Lipinski definition) is 2. The van der Waals surface area contributed by atoms with Crippen molar-refractivity contribution in [2.24, 2.45) is 0 Å². The van der Waals surface area contributed by atoms with E-state index in [4.69, 9.17) is 5.11 Å². The highest BCUT2D eigenvalue weighted by Gasteiger charge is 2.22. The highest BCUT2D eigenvalue weighted by atomic mass is 16.3. The molecule has 0 bridgehead atoms. The maximum absolute atomic E-state index is 9.04. The van der Waals surface area contributed by atoms with Crippen LogP contribution >= 0.6 is 0 Å². The molecule has 0 aromatic heterocycles. The average molecular weight is 271 g/mol. The number of benzene rings is 2. The lowest BCUT2D eigenvalue weighted by molar-refractivity contribution is 0.250. The molecule has 2 aromatic carbocycles. The lowest BCUT2D eigenvalue weighted by atomic mass is 9.87.